The number of benzene rings is 3. The highest BCUT2D eigenvalue weighted by molar-refractivity contribution is 8.00. The van der Waals surface area contributed by atoms with Crippen LogP contribution in [0.3, 0.4) is 0 Å². The average Bonchev–Trinajstić information content (AvgIpc) is 2.81. The van der Waals surface area contributed by atoms with Crippen LogP contribution in [0.25, 0.3) is 0 Å². The molecule has 0 aliphatic heterocycles. The van der Waals surface area contributed by atoms with Crippen LogP contribution in [0.5, 0.6) is 0 Å². The molecule has 0 unspecified atom stereocenters. The van der Waals surface area contributed by atoms with Crippen LogP contribution >= 0.6 is 11.8 Å². The molecule has 0 radical (unpaired) electrons. The molecule has 0 spiro atoms. The van der Waals surface area contributed by atoms with Crippen molar-refractivity contribution in [1.82, 2.24) is 5.43 Å². The number of hydrogen-bond donors (Lipinski definition) is 2. The third-order valence-electron chi connectivity index (χ3n) is 4.47. The summed E-state index contributed by atoms with van der Waals surface area (Å²) < 4.78 is 37.5. The van der Waals surface area contributed by atoms with Crippen LogP contribution in [0, 0.1) is 0 Å². The van der Waals surface area contributed by atoms with Gasteiger partial charge in [-0.25, -0.2) is 5.43 Å². The molecule has 2 amide bonds. The summed E-state index contributed by atoms with van der Waals surface area (Å²) in [5.74, 6) is -2.41. The van der Waals surface area contributed by atoms with Gasteiger partial charge in [0.15, 0.2) is 0 Å². The van der Waals surface area contributed by atoms with Crippen LogP contribution in [0.15, 0.2) is 94.9 Å². The molecule has 3 rings (SSSR count). The van der Waals surface area contributed by atoms with E-state index >= 15 is 0 Å². The number of nitrogens with one attached hydrogen (secondary N) is 2. The number of nitrogens with zero attached hydrogens (tertiary/aromatic N) is 1. The van der Waals surface area contributed by atoms with E-state index in [0.29, 0.717) is 11.3 Å². The Labute approximate surface area is 193 Å². The largest absolute Gasteiger partial charge is 0.471 e. The van der Waals surface area contributed by atoms with Gasteiger partial charge in [0.2, 0.25) is 0 Å². The van der Waals surface area contributed by atoms with Crippen molar-refractivity contribution in [1.29, 1.82) is 0 Å². The van der Waals surface area contributed by atoms with Gasteiger partial charge < -0.3 is 5.32 Å². The Morgan fingerprint density at radius 1 is 0.909 bits per heavy atom. The van der Waals surface area contributed by atoms with E-state index in [1.54, 1.807) is 18.3 Å². The molecule has 3 aromatic carbocycles. The number of halogens is 3. The Kier molecular flexibility index (Phi) is 7.89. The lowest BCUT2D eigenvalue weighted by atomic mass is 10.1. The Bertz CT molecular complexity index is 1140. The summed E-state index contributed by atoms with van der Waals surface area (Å²) in [6, 6.07) is 24.5. The van der Waals surface area contributed by atoms with Crippen molar-refractivity contribution in [2.24, 2.45) is 5.10 Å². The van der Waals surface area contributed by atoms with Gasteiger partial charge in [0.1, 0.15) is 5.25 Å². The van der Waals surface area contributed by atoms with E-state index in [0.717, 1.165) is 10.5 Å². The van der Waals surface area contributed by atoms with E-state index in [-0.39, 0.29) is 11.6 Å². The fourth-order valence-electron chi connectivity index (χ4n) is 2.82. The van der Waals surface area contributed by atoms with Crippen LogP contribution in [-0.2, 0) is 9.59 Å². The SMILES string of the molecule is C/C(=N/NC(=O)[C@@H](Sc1ccccc1)c1ccccc1)c1cccc(NC(=O)C(F)(F)F)c1. The molecular weight excluding hydrogens is 451 g/mol. The highest BCUT2D eigenvalue weighted by Gasteiger charge is 2.38. The highest BCUT2D eigenvalue weighted by atomic mass is 32.2. The van der Waals surface area contributed by atoms with E-state index in [1.165, 1.54) is 30.0 Å². The maximum atomic E-state index is 13.0. The molecule has 0 heterocycles. The second kappa shape index (κ2) is 10.8. The number of alkyl halides is 3. The number of carbonyl (C=O) groups is 2. The first-order valence-corrected chi connectivity index (χ1v) is 10.7. The maximum absolute atomic E-state index is 13.0. The molecule has 9 heteroatoms. The zero-order valence-corrected chi connectivity index (χ0v) is 18.3. The minimum absolute atomic E-state index is 0.0301. The van der Waals surface area contributed by atoms with Crippen molar-refractivity contribution in [2.45, 2.75) is 23.2 Å². The predicted molar refractivity (Wildman–Crippen MR) is 123 cm³/mol. The third kappa shape index (κ3) is 6.95. The summed E-state index contributed by atoms with van der Waals surface area (Å²) in [6.07, 6.45) is -4.99. The van der Waals surface area contributed by atoms with Crippen molar-refractivity contribution >= 4 is 35.0 Å². The molecule has 170 valence electrons. The zero-order valence-electron chi connectivity index (χ0n) is 17.5. The molecule has 0 aliphatic carbocycles. The van der Waals surface area contributed by atoms with Crippen LogP contribution in [0.2, 0.25) is 0 Å². The second-order valence-electron chi connectivity index (χ2n) is 6.93. The summed E-state index contributed by atoms with van der Waals surface area (Å²) >= 11 is 1.37. The van der Waals surface area contributed by atoms with Crippen molar-refractivity contribution in [3.8, 4) is 0 Å². The predicted octanol–water partition coefficient (Wildman–Crippen LogP) is 5.56. The lowest BCUT2D eigenvalue weighted by Gasteiger charge is -2.16. The van der Waals surface area contributed by atoms with Gasteiger partial charge in [-0.3, -0.25) is 9.59 Å². The molecule has 2 N–H and O–H groups in total. The molecular formula is C24H20F3N3O2S. The van der Waals surface area contributed by atoms with Crippen molar-refractivity contribution in [3.05, 3.63) is 96.1 Å². The minimum atomic E-state index is -4.99. The van der Waals surface area contributed by atoms with Gasteiger partial charge in [0, 0.05) is 10.6 Å². The minimum Gasteiger partial charge on any atom is -0.318 e. The number of hydrogen-bond acceptors (Lipinski definition) is 4. The van der Waals surface area contributed by atoms with Gasteiger partial charge in [-0.1, -0.05) is 60.7 Å². The Morgan fingerprint density at radius 3 is 2.18 bits per heavy atom. The number of thioether (sulfide) groups is 1. The first kappa shape index (κ1) is 24.1. The number of amides is 2. The van der Waals surface area contributed by atoms with E-state index in [1.807, 2.05) is 60.7 Å². The number of hydrazone groups is 1. The summed E-state index contributed by atoms with van der Waals surface area (Å²) in [5.41, 5.74) is 4.12. The third-order valence-corrected chi connectivity index (χ3v) is 5.73. The van der Waals surface area contributed by atoms with E-state index < -0.39 is 17.3 Å². The summed E-state index contributed by atoms with van der Waals surface area (Å²) in [5, 5.41) is 5.35. The molecule has 0 saturated carbocycles. The van der Waals surface area contributed by atoms with E-state index in [2.05, 4.69) is 10.5 Å². The maximum Gasteiger partial charge on any atom is 0.471 e. The molecule has 0 aromatic heterocycles. The van der Waals surface area contributed by atoms with Crippen molar-refractivity contribution < 1.29 is 22.8 Å². The summed E-state index contributed by atoms with van der Waals surface area (Å²) in [7, 11) is 0. The van der Waals surface area contributed by atoms with E-state index in [4.69, 9.17) is 0 Å². The zero-order chi connectivity index (χ0) is 23.8. The summed E-state index contributed by atoms with van der Waals surface area (Å²) in [4.78, 5) is 25.1. The van der Waals surface area contributed by atoms with Gasteiger partial charge in [-0.05, 0) is 42.3 Å². The van der Waals surface area contributed by atoms with Crippen LogP contribution in [0.4, 0.5) is 18.9 Å². The number of carbonyl (C=O) groups excluding carboxylic acids is 2. The van der Waals surface area contributed by atoms with Crippen LogP contribution in [0.1, 0.15) is 23.3 Å². The quantitative estimate of drug-likeness (QED) is 0.269. The first-order chi connectivity index (χ1) is 15.7. The highest BCUT2D eigenvalue weighted by Crippen LogP contribution is 2.35. The molecule has 33 heavy (non-hydrogen) atoms. The normalized spacial score (nSPS) is 12.7. The van der Waals surface area contributed by atoms with Gasteiger partial charge in [-0.2, -0.15) is 18.3 Å². The second-order valence-corrected chi connectivity index (χ2v) is 8.11. The lowest BCUT2D eigenvalue weighted by Crippen LogP contribution is -2.30. The standard InChI is InChI=1S/C24H20F3N3O2S/c1-16(18-11-8-12-19(15-18)28-23(32)24(25,26)27)29-30-22(31)21(17-9-4-2-5-10-17)33-20-13-6-3-7-14-20/h2-15,21H,1H3,(H,28,32)(H,30,31)/b29-16-/t21-/m0/s1. The molecule has 0 aliphatic rings. The van der Waals surface area contributed by atoms with Crippen LogP contribution < -0.4 is 10.7 Å². The molecule has 0 saturated heterocycles. The Morgan fingerprint density at radius 2 is 1.55 bits per heavy atom. The van der Waals surface area contributed by atoms with Gasteiger partial charge in [0.05, 0.1) is 5.71 Å². The molecule has 3 aromatic rings. The number of rotatable bonds is 7. The Hall–Kier alpha value is -3.59. The summed E-state index contributed by atoms with van der Waals surface area (Å²) in [6.45, 7) is 1.60. The monoisotopic (exact) mass is 471 g/mol. The number of anilines is 1. The Balaban J connectivity index is 1.75. The molecule has 5 nitrogen and oxygen atoms in total. The van der Waals surface area contributed by atoms with E-state index in [9.17, 15) is 22.8 Å². The topological polar surface area (TPSA) is 70.6 Å². The molecule has 1 atom stereocenters. The average molecular weight is 472 g/mol. The molecule has 0 fully saturated rings. The van der Waals surface area contributed by atoms with Crippen LogP contribution in [-0.4, -0.2) is 23.7 Å². The smallest absolute Gasteiger partial charge is 0.318 e. The van der Waals surface area contributed by atoms with Gasteiger partial charge in [0.25, 0.3) is 5.91 Å². The lowest BCUT2D eigenvalue weighted by molar-refractivity contribution is -0.167. The van der Waals surface area contributed by atoms with Crippen molar-refractivity contribution in [2.75, 3.05) is 5.32 Å². The van der Waals surface area contributed by atoms with Gasteiger partial charge >= 0.3 is 12.1 Å². The fourth-order valence-corrected chi connectivity index (χ4v) is 3.86. The first-order valence-electron chi connectivity index (χ1n) is 9.83. The van der Waals surface area contributed by atoms with Crippen molar-refractivity contribution in [3.63, 3.8) is 0 Å². The fraction of sp³-hybridized carbons (Fsp3) is 0.125. The molecule has 0 bridgehead atoms. The van der Waals surface area contributed by atoms with Gasteiger partial charge in [-0.15, -0.1) is 11.8 Å².